The SMILES string of the molecule is CC[C]1C2CC3CC(C2)CC1C3. The summed E-state index contributed by atoms with van der Waals surface area (Å²) in [5.41, 5.74) is 0. The molecule has 4 aliphatic carbocycles. The normalized spacial score (nSPS) is 51.8. The van der Waals surface area contributed by atoms with E-state index >= 15 is 0 Å². The second kappa shape index (κ2) is 2.49. The molecule has 4 saturated carbocycles. The van der Waals surface area contributed by atoms with E-state index < -0.39 is 0 Å². The molecule has 0 heterocycles. The fourth-order valence-electron chi connectivity index (χ4n) is 4.37. The smallest absolute Gasteiger partial charge is 0.0181 e. The van der Waals surface area contributed by atoms with Crippen molar-refractivity contribution in [3.8, 4) is 0 Å². The molecule has 0 saturated heterocycles. The summed E-state index contributed by atoms with van der Waals surface area (Å²) in [5.74, 6) is 6.39. The molecule has 0 aliphatic heterocycles. The Morgan fingerprint density at radius 1 is 0.917 bits per heavy atom. The lowest BCUT2D eigenvalue weighted by atomic mass is 9.51. The minimum absolute atomic E-state index is 1.08. The second-order valence-electron chi connectivity index (χ2n) is 5.23. The van der Waals surface area contributed by atoms with E-state index in [1.54, 1.807) is 32.1 Å². The Bertz CT molecular complexity index is 154. The van der Waals surface area contributed by atoms with Gasteiger partial charge in [-0.15, -0.1) is 0 Å². The average Bonchev–Trinajstić information content (AvgIpc) is 2.02. The molecule has 0 aromatic rings. The van der Waals surface area contributed by atoms with Crippen molar-refractivity contribution in [3.63, 3.8) is 0 Å². The molecule has 0 amide bonds. The zero-order valence-electron chi connectivity index (χ0n) is 8.05. The quantitative estimate of drug-likeness (QED) is 0.555. The molecule has 67 valence electrons. The molecule has 0 aromatic heterocycles. The molecule has 12 heavy (non-hydrogen) atoms. The molecule has 0 heteroatoms. The summed E-state index contributed by atoms with van der Waals surface area (Å²) in [6.45, 7) is 2.37. The predicted molar refractivity (Wildman–Crippen MR) is 50.6 cm³/mol. The van der Waals surface area contributed by atoms with Gasteiger partial charge in [0.05, 0.1) is 0 Å². The van der Waals surface area contributed by atoms with Crippen molar-refractivity contribution < 1.29 is 0 Å². The van der Waals surface area contributed by atoms with Crippen molar-refractivity contribution in [1.29, 1.82) is 0 Å². The van der Waals surface area contributed by atoms with E-state index in [2.05, 4.69) is 6.92 Å². The molecule has 1 radical (unpaired) electrons. The van der Waals surface area contributed by atoms with Gasteiger partial charge in [0.25, 0.3) is 0 Å². The van der Waals surface area contributed by atoms with Crippen LogP contribution >= 0.6 is 0 Å². The highest BCUT2D eigenvalue weighted by Crippen LogP contribution is 2.58. The van der Waals surface area contributed by atoms with Gasteiger partial charge in [0, 0.05) is 0 Å². The van der Waals surface area contributed by atoms with Gasteiger partial charge in [-0.25, -0.2) is 0 Å². The van der Waals surface area contributed by atoms with E-state index in [-0.39, 0.29) is 0 Å². The summed E-state index contributed by atoms with van der Waals surface area (Å²) in [6.07, 6.45) is 9.23. The van der Waals surface area contributed by atoms with Crippen molar-refractivity contribution in [1.82, 2.24) is 0 Å². The van der Waals surface area contributed by atoms with E-state index in [4.69, 9.17) is 0 Å². The first-order valence-electron chi connectivity index (χ1n) is 5.72. The first-order chi connectivity index (χ1) is 5.86. The van der Waals surface area contributed by atoms with E-state index in [0.717, 1.165) is 23.7 Å². The standard InChI is InChI=1S/C12H19/c1-2-12-10-4-8-3-9(6-10)7-11(12)5-8/h8-11H,2-7H2,1H3. The van der Waals surface area contributed by atoms with Crippen LogP contribution in [0.3, 0.4) is 0 Å². The maximum atomic E-state index is 2.37. The number of hydrogen-bond donors (Lipinski definition) is 0. The van der Waals surface area contributed by atoms with Crippen LogP contribution in [-0.4, -0.2) is 0 Å². The number of rotatable bonds is 1. The molecule has 0 aromatic carbocycles. The zero-order valence-corrected chi connectivity index (χ0v) is 8.05. The van der Waals surface area contributed by atoms with Crippen LogP contribution < -0.4 is 0 Å². The first kappa shape index (κ1) is 7.41. The highest BCUT2D eigenvalue weighted by molar-refractivity contribution is 5.12. The van der Waals surface area contributed by atoms with Crippen molar-refractivity contribution in [3.05, 3.63) is 5.92 Å². The molecule has 4 rings (SSSR count). The molecule has 4 bridgehead atoms. The van der Waals surface area contributed by atoms with Gasteiger partial charge in [-0.3, -0.25) is 0 Å². The summed E-state index contributed by atoms with van der Waals surface area (Å²) >= 11 is 0. The zero-order chi connectivity index (χ0) is 8.13. The van der Waals surface area contributed by atoms with E-state index in [1.165, 1.54) is 6.42 Å². The number of hydrogen-bond acceptors (Lipinski definition) is 0. The molecule has 0 atom stereocenters. The first-order valence-corrected chi connectivity index (χ1v) is 5.72. The molecule has 4 aliphatic rings. The van der Waals surface area contributed by atoms with Crippen LogP contribution in [0.4, 0.5) is 0 Å². The van der Waals surface area contributed by atoms with Gasteiger partial charge in [-0.1, -0.05) is 6.92 Å². The van der Waals surface area contributed by atoms with Gasteiger partial charge in [-0.2, -0.15) is 0 Å². The van der Waals surface area contributed by atoms with Gasteiger partial charge < -0.3 is 0 Å². The summed E-state index contributed by atoms with van der Waals surface area (Å²) in [5, 5.41) is 0. The fourth-order valence-corrected chi connectivity index (χ4v) is 4.37. The molecule has 0 unspecified atom stereocenters. The predicted octanol–water partition coefficient (Wildman–Crippen LogP) is 3.43. The van der Waals surface area contributed by atoms with Crippen LogP contribution in [0.2, 0.25) is 0 Å². The van der Waals surface area contributed by atoms with Crippen molar-refractivity contribution in [2.45, 2.75) is 45.4 Å². The van der Waals surface area contributed by atoms with Crippen molar-refractivity contribution in [2.24, 2.45) is 23.7 Å². The van der Waals surface area contributed by atoms with Crippen LogP contribution in [-0.2, 0) is 0 Å². The third-order valence-electron chi connectivity index (χ3n) is 4.60. The Labute approximate surface area is 75.7 Å². The highest BCUT2D eigenvalue weighted by Gasteiger charge is 2.47. The lowest BCUT2D eigenvalue weighted by molar-refractivity contribution is 0.0385. The summed E-state index contributed by atoms with van der Waals surface area (Å²) in [7, 11) is 0. The Morgan fingerprint density at radius 3 is 1.83 bits per heavy atom. The van der Waals surface area contributed by atoms with Crippen molar-refractivity contribution in [2.75, 3.05) is 0 Å². The highest BCUT2D eigenvalue weighted by atomic mass is 14.5. The minimum Gasteiger partial charge on any atom is -0.0648 e. The second-order valence-corrected chi connectivity index (χ2v) is 5.23. The summed E-state index contributed by atoms with van der Waals surface area (Å²) in [6, 6.07) is 0. The third kappa shape index (κ3) is 0.900. The minimum atomic E-state index is 1.08. The van der Waals surface area contributed by atoms with Crippen LogP contribution in [0.25, 0.3) is 0 Å². The van der Waals surface area contributed by atoms with E-state index in [1.807, 2.05) is 5.92 Å². The molecule has 0 N–H and O–H groups in total. The molecule has 4 fully saturated rings. The van der Waals surface area contributed by atoms with Gasteiger partial charge in [0.1, 0.15) is 0 Å². The van der Waals surface area contributed by atoms with Gasteiger partial charge in [-0.05, 0) is 68.1 Å². The Balaban J connectivity index is 1.86. The molecular formula is C12H19. The average molecular weight is 163 g/mol. The third-order valence-corrected chi connectivity index (χ3v) is 4.60. The van der Waals surface area contributed by atoms with Crippen LogP contribution in [0.5, 0.6) is 0 Å². The fraction of sp³-hybridized carbons (Fsp3) is 0.917. The topological polar surface area (TPSA) is 0 Å². The monoisotopic (exact) mass is 163 g/mol. The van der Waals surface area contributed by atoms with E-state index in [0.29, 0.717) is 0 Å². The van der Waals surface area contributed by atoms with Gasteiger partial charge in [0.2, 0.25) is 0 Å². The van der Waals surface area contributed by atoms with Gasteiger partial charge >= 0.3 is 0 Å². The Kier molecular flexibility index (Phi) is 1.54. The summed E-state index contributed by atoms with van der Waals surface area (Å²) in [4.78, 5) is 0. The van der Waals surface area contributed by atoms with Crippen LogP contribution in [0.15, 0.2) is 0 Å². The van der Waals surface area contributed by atoms with Gasteiger partial charge in [0.15, 0.2) is 0 Å². The summed E-state index contributed by atoms with van der Waals surface area (Å²) < 4.78 is 0. The van der Waals surface area contributed by atoms with E-state index in [9.17, 15) is 0 Å². The molecule has 0 spiro atoms. The maximum absolute atomic E-state index is 2.37. The maximum Gasteiger partial charge on any atom is -0.0181 e. The van der Waals surface area contributed by atoms with Crippen LogP contribution in [0.1, 0.15) is 45.4 Å². The lowest BCUT2D eigenvalue weighted by Crippen LogP contribution is -2.43. The van der Waals surface area contributed by atoms with Crippen LogP contribution in [0, 0.1) is 29.6 Å². The Morgan fingerprint density at radius 2 is 1.42 bits per heavy atom. The largest absolute Gasteiger partial charge is 0.0648 e. The van der Waals surface area contributed by atoms with Crippen molar-refractivity contribution >= 4 is 0 Å². The molecular weight excluding hydrogens is 144 g/mol. The molecule has 0 nitrogen and oxygen atoms in total. The lowest BCUT2D eigenvalue weighted by Gasteiger charge is -2.54. The Hall–Kier alpha value is 0.